The maximum Gasteiger partial charge on any atom is 0.195 e. The van der Waals surface area contributed by atoms with E-state index in [1.54, 1.807) is 13.8 Å². The molecule has 5 heteroatoms. The van der Waals surface area contributed by atoms with E-state index >= 15 is 0 Å². The van der Waals surface area contributed by atoms with Crippen LogP contribution in [0.2, 0.25) is 0 Å². The van der Waals surface area contributed by atoms with Gasteiger partial charge >= 0.3 is 0 Å². The summed E-state index contributed by atoms with van der Waals surface area (Å²) in [5.41, 5.74) is 0. The average molecular weight is 230 g/mol. The maximum absolute atomic E-state index is 11.1. The molecule has 0 aromatic heterocycles. The third-order valence-corrected chi connectivity index (χ3v) is 2.40. The second-order valence-corrected chi connectivity index (χ2v) is 4.18. The summed E-state index contributed by atoms with van der Waals surface area (Å²) in [5, 5.41) is 9.65. The molecule has 0 heterocycles. The third kappa shape index (κ3) is 4.02. The van der Waals surface area contributed by atoms with E-state index in [1.807, 2.05) is 0 Å². The SMILES string of the molecule is COC(C)(C)OO[C@H]1CCC(=O)C=C[C@@H]1O. The normalized spacial score (nSPS) is 26.9. The van der Waals surface area contributed by atoms with Gasteiger partial charge in [0.1, 0.15) is 12.2 Å². The summed E-state index contributed by atoms with van der Waals surface area (Å²) < 4.78 is 5.00. The van der Waals surface area contributed by atoms with Crippen LogP contribution in [0.1, 0.15) is 26.7 Å². The van der Waals surface area contributed by atoms with Crippen LogP contribution in [0.15, 0.2) is 12.2 Å². The first-order valence-electron chi connectivity index (χ1n) is 5.23. The molecule has 92 valence electrons. The smallest absolute Gasteiger partial charge is 0.195 e. The zero-order chi connectivity index (χ0) is 12.2. The van der Waals surface area contributed by atoms with Gasteiger partial charge in [-0.05, 0) is 32.4 Å². The molecule has 0 saturated carbocycles. The fourth-order valence-electron chi connectivity index (χ4n) is 1.19. The Kier molecular flexibility index (Phi) is 4.61. The van der Waals surface area contributed by atoms with Gasteiger partial charge in [0, 0.05) is 13.5 Å². The maximum atomic E-state index is 11.1. The number of carbonyl (C=O) groups is 1. The molecule has 0 amide bonds. The molecule has 0 spiro atoms. The summed E-state index contributed by atoms with van der Waals surface area (Å²) in [6.07, 6.45) is 2.18. The van der Waals surface area contributed by atoms with Crippen molar-refractivity contribution >= 4 is 5.78 Å². The molecule has 1 rings (SSSR count). The van der Waals surface area contributed by atoms with E-state index in [4.69, 9.17) is 14.5 Å². The van der Waals surface area contributed by atoms with Crippen LogP contribution in [0.5, 0.6) is 0 Å². The third-order valence-electron chi connectivity index (χ3n) is 2.40. The number of aliphatic hydroxyl groups is 1. The molecule has 1 aliphatic carbocycles. The van der Waals surface area contributed by atoms with Gasteiger partial charge in [0.25, 0.3) is 0 Å². The Bertz CT molecular complexity index is 272. The first kappa shape index (κ1) is 13.3. The van der Waals surface area contributed by atoms with Crippen molar-refractivity contribution in [2.45, 2.75) is 44.7 Å². The number of hydrogen-bond acceptors (Lipinski definition) is 5. The molecule has 5 nitrogen and oxygen atoms in total. The van der Waals surface area contributed by atoms with Gasteiger partial charge in [-0.3, -0.25) is 4.79 Å². The Balaban J connectivity index is 2.48. The summed E-state index contributed by atoms with van der Waals surface area (Å²) in [5.74, 6) is -0.893. The molecule has 0 unspecified atom stereocenters. The zero-order valence-electron chi connectivity index (χ0n) is 9.80. The molecule has 1 N–H and O–H groups in total. The highest BCUT2D eigenvalue weighted by molar-refractivity contribution is 5.89. The van der Waals surface area contributed by atoms with Crippen LogP contribution in [0.25, 0.3) is 0 Å². The quantitative estimate of drug-likeness (QED) is 0.443. The second kappa shape index (κ2) is 5.54. The van der Waals surface area contributed by atoms with Gasteiger partial charge in [-0.25, -0.2) is 9.78 Å². The van der Waals surface area contributed by atoms with Crippen molar-refractivity contribution in [1.82, 2.24) is 0 Å². The summed E-state index contributed by atoms with van der Waals surface area (Å²) >= 11 is 0. The first-order valence-corrected chi connectivity index (χ1v) is 5.23. The van der Waals surface area contributed by atoms with E-state index in [-0.39, 0.29) is 5.78 Å². The van der Waals surface area contributed by atoms with Crippen molar-refractivity contribution in [2.75, 3.05) is 7.11 Å². The van der Waals surface area contributed by atoms with Crippen molar-refractivity contribution < 1.29 is 24.4 Å². The molecule has 0 aliphatic heterocycles. The highest BCUT2D eigenvalue weighted by Gasteiger charge is 2.26. The molecule has 16 heavy (non-hydrogen) atoms. The minimum atomic E-state index is -0.875. The van der Waals surface area contributed by atoms with E-state index in [2.05, 4.69) is 0 Å². The Morgan fingerprint density at radius 1 is 1.50 bits per heavy atom. The van der Waals surface area contributed by atoms with Gasteiger partial charge in [0.2, 0.25) is 0 Å². The lowest BCUT2D eigenvalue weighted by atomic mass is 10.1. The van der Waals surface area contributed by atoms with Gasteiger partial charge in [-0.1, -0.05) is 0 Å². The molecular formula is C11H18O5. The topological polar surface area (TPSA) is 65.0 Å². The van der Waals surface area contributed by atoms with Crippen molar-refractivity contribution in [3.8, 4) is 0 Å². The van der Waals surface area contributed by atoms with Gasteiger partial charge in [0.15, 0.2) is 11.6 Å². The monoisotopic (exact) mass is 230 g/mol. The number of hydrogen-bond donors (Lipinski definition) is 1. The summed E-state index contributed by atoms with van der Waals surface area (Å²) in [6, 6.07) is 0. The second-order valence-electron chi connectivity index (χ2n) is 4.18. The Morgan fingerprint density at radius 3 is 2.81 bits per heavy atom. The molecule has 2 atom stereocenters. The summed E-state index contributed by atoms with van der Waals surface area (Å²) in [6.45, 7) is 3.38. The van der Waals surface area contributed by atoms with Crippen molar-refractivity contribution in [3.05, 3.63) is 12.2 Å². The van der Waals surface area contributed by atoms with E-state index in [9.17, 15) is 9.90 Å². The van der Waals surface area contributed by atoms with E-state index in [1.165, 1.54) is 19.3 Å². The Hall–Kier alpha value is -0.750. The van der Waals surface area contributed by atoms with Gasteiger partial charge in [0.05, 0.1) is 0 Å². The van der Waals surface area contributed by atoms with Crippen molar-refractivity contribution in [3.63, 3.8) is 0 Å². The molecule has 0 saturated heterocycles. The number of allylic oxidation sites excluding steroid dienone is 1. The number of ketones is 1. The number of ether oxygens (including phenoxy) is 1. The van der Waals surface area contributed by atoms with Gasteiger partial charge < -0.3 is 9.84 Å². The molecule has 1 aliphatic rings. The van der Waals surface area contributed by atoms with Crippen LogP contribution in [-0.4, -0.2) is 36.0 Å². The van der Waals surface area contributed by atoms with Crippen LogP contribution in [0.4, 0.5) is 0 Å². The fourth-order valence-corrected chi connectivity index (χ4v) is 1.19. The summed E-state index contributed by atoms with van der Waals surface area (Å²) in [4.78, 5) is 21.3. The fraction of sp³-hybridized carbons (Fsp3) is 0.727. The zero-order valence-corrected chi connectivity index (χ0v) is 9.80. The van der Waals surface area contributed by atoms with Crippen LogP contribution >= 0.6 is 0 Å². The number of methoxy groups -OCH3 is 1. The number of rotatable bonds is 4. The Labute approximate surface area is 94.9 Å². The lowest BCUT2D eigenvalue weighted by Gasteiger charge is -2.26. The van der Waals surface area contributed by atoms with Crippen molar-refractivity contribution in [1.29, 1.82) is 0 Å². The summed E-state index contributed by atoms with van der Waals surface area (Å²) in [7, 11) is 1.50. The molecule has 0 aromatic rings. The van der Waals surface area contributed by atoms with Crippen LogP contribution < -0.4 is 0 Å². The van der Waals surface area contributed by atoms with E-state index in [0.29, 0.717) is 12.8 Å². The lowest BCUT2D eigenvalue weighted by Crippen LogP contribution is -2.33. The van der Waals surface area contributed by atoms with Crippen LogP contribution in [0, 0.1) is 0 Å². The number of aliphatic hydroxyl groups excluding tert-OH is 1. The minimum absolute atomic E-state index is 0.0175. The van der Waals surface area contributed by atoms with Crippen LogP contribution in [0.3, 0.4) is 0 Å². The van der Waals surface area contributed by atoms with E-state index in [0.717, 1.165) is 0 Å². The highest BCUT2D eigenvalue weighted by Crippen LogP contribution is 2.18. The molecule has 0 bridgehead atoms. The molecule has 0 fully saturated rings. The highest BCUT2D eigenvalue weighted by atomic mass is 17.2. The molecule has 0 aromatic carbocycles. The van der Waals surface area contributed by atoms with Gasteiger partial charge in [-0.15, -0.1) is 0 Å². The predicted octanol–water partition coefficient (Wildman–Crippen LogP) is 0.966. The molecule has 0 radical (unpaired) electrons. The first-order chi connectivity index (χ1) is 7.44. The minimum Gasteiger partial charge on any atom is -0.386 e. The largest absolute Gasteiger partial charge is 0.386 e. The van der Waals surface area contributed by atoms with Crippen molar-refractivity contribution in [2.24, 2.45) is 0 Å². The average Bonchev–Trinajstić information content (AvgIpc) is 2.40. The Morgan fingerprint density at radius 2 is 2.19 bits per heavy atom. The molecular weight excluding hydrogens is 212 g/mol. The van der Waals surface area contributed by atoms with E-state index < -0.39 is 18.0 Å². The standard InChI is InChI=1S/C11H18O5/c1-11(2,14-3)16-15-10-7-5-8(12)4-6-9(10)13/h4,6,9-10,13H,5,7H2,1-3H3/t9-,10-/m0/s1. The van der Waals surface area contributed by atoms with Gasteiger partial charge in [-0.2, -0.15) is 0 Å². The van der Waals surface area contributed by atoms with Crippen LogP contribution in [-0.2, 0) is 19.3 Å². The number of carbonyl (C=O) groups excluding carboxylic acids is 1. The predicted molar refractivity (Wildman–Crippen MR) is 56.4 cm³/mol. The lowest BCUT2D eigenvalue weighted by molar-refractivity contribution is -0.436.